The van der Waals surface area contributed by atoms with Crippen molar-refractivity contribution in [3.63, 3.8) is 0 Å². The van der Waals surface area contributed by atoms with Gasteiger partial charge in [0.15, 0.2) is 5.58 Å². The molecule has 2 rings (SSSR count). The number of amides is 1. The van der Waals surface area contributed by atoms with Gasteiger partial charge in [0.2, 0.25) is 5.71 Å². The van der Waals surface area contributed by atoms with Crippen molar-refractivity contribution in [2.45, 2.75) is 0 Å². The largest absolute Gasteiger partial charge is 0.435 e. The van der Waals surface area contributed by atoms with Gasteiger partial charge in [-0.15, -0.1) is 0 Å². The lowest BCUT2D eigenvalue weighted by atomic mass is 10.3. The Morgan fingerprint density at radius 2 is 2.30 bits per heavy atom. The lowest BCUT2D eigenvalue weighted by molar-refractivity contribution is 0.122. The Bertz CT molecular complexity index is 730. The highest BCUT2D eigenvalue weighted by atomic mass is 35.5. The predicted molar refractivity (Wildman–Crippen MR) is 71.3 cm³/mol. The average molecular weight is 293 g/mol. The third-order valence-electron chi connectivity index (χ3n) is 2.24. The fourth-order valence-electron chi connectivity index (χ4n) is 1.27. The second-order valence-electron chi connectivity index (χ2n) is 3.93. The molecule has 0 atom stereocenters. The summed E-state index contributed by atoms with van der Waals surface area (Å²) in [6.07, 6.45) is -0.711. The van der Waals surface area contributed by atoms with E-state index in [9.17, 15) is 4.79 Å². The topological polar surface area (TPSA) is 91.7 Å². The van der Waals surface area contributed by atoms with Crippen LogP contribution in [0.2, 0.25) is 5.02 Å². The summed E-state index contributed by atoms with van der Waals surface area (Å²) < 4.78 is 5.34. The highest BCUT2D eigenvalue weighted by Gasteiger charge is 2.14. The molecular formula is C12H9ClN4O3. The van der Waals surface area contributed by atoms with Gasteiger partial charge in [-0.05, 0) is 12.1 Å². The molecule has 0 spiro atoms. The van der Waals surface area contributed by atoms with Crippen molar-refractivity contribution < 1.29 is 14.0 Å². The first-order chi connectivity index (χ1) is 9.51. The van der Waals surface area contributed by atoms with Gasteiger partial charge in [-0.25, -0.2) is 9.78 Å². The number of rotatable bonds is 2. The summed E-state index contributed by atoms with van der Waals surface area (Å²) in [5.74, 6) is -0.0451. The Hall–Kier alpha value is -2.59. The van der Waals surface area contributed by atoms with Gasteiger partial charge in [0.05, 0.1) is 0 Å². The minimum Gasteiger partial charge on any atom is -0.434 e. The smallest absolute Gasteiger partial charge is 0.434 e. The zero-order valence-corrected chi connectivity index (χ0v) is 11.4. The van der Waals surface area contributed by atoms with E-state index in [-0.39, 0.29) is 11.6 Å². The Balaban J connectivity index is 2.32. The van der Waals surface area contributed by atoms with Crippen molar-refractivity contribution in [2.75, 3.05) is 14.1 Å². The first-order valence-corrected chi connectivity index (χ1v) is 5.82. The van der Waals surface area contributed by atoms with Crippen molar-refractivity contribution in [3.8, 4) is 6.07 Å². The number of nitriles is 1. The summed E-state index contributed by atoms with van der Waals surface area (Å²) in [6.45, 7) is 0. The molecule has 0 radical (unpaired) electrons. The zero-order chi connectivity index (χ0) is 14.7. The maximum Gasteiger partial charge on any atom is 0.435 e. The van der Waals surface area contributed by atoms with Gasteiger partial charge in [0.1, 0.15) is 11.6 Å². The number of oxazole rings is 1. The zero-order valence-electron chi connectivity index (χ0n) is 10.6. The molecule has 2 aromatic rings. The van der Waals surface area contributed by atoms with Crippen LogP contribution in [0, 0.1) is 11.3 Å². The first kappa shape index (κ1) is 13.8. The molecule has 0 aliphatic carbocycles. The SMILES string of the molecule is CN(C)C(=O)O/N=C(\C#N)c1nc2ccc(Cl)cc2o1. The number of benzene rings is 1. The van der Waals surface area contributed by atoms with Gasteiger partial charge in [-0.1, -0.05) is 16.8 Å². The number of nitrogens with zero attached hydrogens (tertiary/aromatic N) is 4. The number of hydrogen-bond donors (Lipinski definition) is 0. The van der Waals surface area contributed by atoms with E-state index in [1.165, 1.54) is 19.0 Å². The lowest BCUT2D eigenvalue weighted by Gasteiger charge is -2.05. The van der Waals surface area contributed by atoms with Crippen molar-refractivity contribution in [1.29, 1.82) is 5.26 Å². The molecule has 1 aromatic heterocycles. The highest BCUT2D eigenvalue weighted by molar-refractivity contribution is 6.31. The monoisotopic (exact) mass is 292 g/mol. The van der Waals surface area contributed by atoms with Crippen molar-refractivity contribution in [3.05, 3.63) is 29.1 Å². The van der Waals surface area contributed by atoms with E-state index < -0.39 is 6.09 Å². The molecule has 102 valence electrons. The fraction of sp³-hybridized carbons (Fsp3) is 0.167. The van der Waals surface area contributed by atoms with E-state index in [4.69, 9.17) is 21.3 Å². The Labute approximate surface area is 119 Å². The number of aromatic nitrogens is 1. The molecule has 1 aromatic carbocycles. The van der Waals surface area contributed by atoms with Gasteiger partial charge < -0.3 is 9.32 Å². The minimum atomic E-state index is -0.711. The second kappa shape index (κ2) is 5.59. The standard InChI is InChI=1S/C12H9ClN4O3/c1-17(2)12(18)20-16-9(6-14)11-15-8-4-3-7(13)5-10(8)19-11/h3-5H,1-2H3/b16-9+. The van der Waals surface area contributed by atoms with Crippen LogP contribution in [0.4, 0.5) is 4.79 Å². The summed E-state index contributed by atoms with van der Waals surface area (Å²) in [5, 5.41) is 12.9. The van der Waals surface area contributed by atoms with Gasteiger partial charge >= 0.3 is 6.09 Å². The van der Waals surface area contributed by atoms with Crippen LogP contribution < -0.4 is 0 Å². The van der Waals surface area contributed by atoms with Crippen LogP contribution in [0.1, 0.15) is 5.89 Å². The van der Waals surface area contributed by atoms with E-state index >= 15 is 0 Å². The maximum atomic E-state index is 11.2. The molecule has 0 N–H and O–H groups in total. The normalized spacial score (nSPS) is 11.2. The van der Waals surface area contributed by atoms with E-state index in [1.807, 2.05) is 0 Å². The molecule has 8 heteroatoms. The molecule has 0 unspecified atom stereocenters. The van der Waals surface area contributed by atoms with Crippen LogP contribution in [-0.4, -0.2) is 35.8 Å². The molecular weight excluding hydrogens is 284 g/mol. The molecule has 1 heterocycles. The number of halogens is 1. The van der Waals surface area contributed by atoms with Crippen LogP contribution in [-0.2, 0) is 4.84 Å². The third-order valence-corrected chi connectivity index (χ3v) is 2.47. The summed E-state index contributed by atoms with van der Waals surface area (Å²) in [5.41, 5.74) is 0.688. The molecule has 1 amide bonds. The summed E-state index contributed by atoms with van der Waals surface area (Å²) in [4.78, 5) is 21.0. The van der Waals surface area contributed by atoms with Crippen LogP contribution in [0.15, 0.2) is 27.8 Å². The van der Waals surface area contributed by atoms with Crippen LogP contribution in [0.5, 0.6) is 0 Å². The number of oxime groups is 1. The Morgan fingerprint density at radius 3 is 2.95 bits per heavy atom. The third kappa shape index (κ3) is 2.87. The molecule has 0 aliphatic heterocycles. The van der Waals surface area contributed by atoms with Crippen molar-refractivity contribution in [1.82, 2.24) is 9.88 Å². The van der Waals surface area contributed by atoms with Gasteiger partial charge in [0, 0.05) is 25.2 Å². The number of hydrogen-bond acceptors (Lipinski definition) is 6. The van der Waals surface area contributed by atoms with Crippen LogP contribution in [0.3, 0.4) is 0 Å². The molecule has 7 nitrogen and oxygen atoms in total. The van der Waals surface area contributed by atoms with E-state index in [0.29, 0.717) is 16.1 Å². The quantitative estimate of drug-likeness (QED) is 0.481. The molecule has 20 heavy (non-hydrogen) atoms. The van der Waals surface area contributed by atoms with Gasteiger partial charge in [-0.3, -0.25) is 4.84 Å². The molecule has 0 fully saturated rings. The minimum absolute atomic E-state index is 0.0451. The predicted octanol–water partition coefficient (Wildman–Crippen LogP) is 2.41. The maximum absolute atomic E-state index is 11.2. The average Bonchev–Trinajstić information content (AvgIpc) is 2.81. The number of carbonyl (C=O) groups is 1. The van der Waals surface area contributed by atoms with Gasteiger partial charge in [0.25, 0.3) is 5.89 Å². The van der Waals surface area contributed by atoms with Gasteiger partial charge in [-0.2, -0.15) is 5.26 Å². The van der Waals surface area contributed by atoms with E-state index in [1.54, 1.807) is 24.3 Å². The van der Waals surface area contributed by atoms with Crippen LogP contribution >= 0.6 is 11.6 Å². The summed E-state index contributed by atoms with van der Waals surface area (Å²) in [6, 6.07) is 6.61. The fourth-order valence-corrected chi connectivity index (χ4v) is 1.44. The Morgan fingerprint density at radius 1 is 1.55 bits per heavy atom. The van der Waals surface area contributed by atoms with Crippen molar-refractivity contribution in [2.24, 2.45) is 5.16 Å². The van der Waals surface area contributed by atoms with E-state index in [0.717, 1.165) is 0 Å². The van der Waals surface area contributed by atoms with Crippen molar-refractivity contribution >= 4 is 34.5 Å². The molecule has 0 saturated heterocycles. The second-order valence-corrected chi connectivity index (χ2v) is 4.37. The first-order valence-electron chi connectivity index (χ1n) is 5.44. The highest BCUT2D eigenvalue weighted by Crippen LogP contribution is 2.20. The number of carbonyl (C=O) groups excluding carboxylic acids is 1. The summed E-state index contributed by atoms with van der Waals surface area (Å²) in [7, 11) is 2.98. The lowest BCUT2D eigenvalue weighted by Crippen LogP contribution is -2.21. The molecule has 0 bridgehead atoms. The summed E-state index contributed by atoms with van der Waals surface area (Å²) >= 11 is 5.82. The number of fused-ring (bicyclic) bond motifs is 1. The molecule has 0 aliphatic rings. The molecule has 0 saturated carbocycles. The van der Waals surface area contributed by atoms with E-state index in [2.05, 4.69) is 15.0 Å². The Kier molecular flexibility index (Phi) is 3.86. The van der Waals surface area contributed by atoms with Crippen LogP contribution in [0.25, 0.3) is 11.1 Å².